The minimum absolute atomic E-state index is 0.503. The monoisotopic (exact) mass is 223 g/mol. The molecule has 0 aromatic carbocycles. The van der Waals surface area contributed by atoms with Crippen molar-refractivity contribution in [2.75, 3.05) is 13.2 Å². The van der Waals surface area contributed by atoms with E-state index in [-0.39, 0.29) is 0 Å². The second-order valence-corrected chi connectivity index (χ2v) is 5.07. The zero-order valence-corrected chi connectivity index (χ0v) is 10.5. The van der Waals surface area contributed by atoms with Gasteiger partial charge in [-0.05, 0) is 37.8 Å². The van der Waals surface area contributed by atoms with Crippen molar-refractivity contribution in [1.82, 2.24) is 5.32 Å². The third-order valence-electron chi connectivity index (χ3n) is 3.77. The van der Waals surface area contributed by atoms with Gasteiger partial charge in [0.25, 0.3) is 0 Å². The van der Waals surface area contributed by atoms with Crippen molar-refractivity contribution < 1.29 is 4.74 Å². The molecule has 1 saturated carbocycles. The molecule has 0 saturated heterocycles. The summed E-state index contributed by atoms with van der Waals surface area (Å²) < 4.78 is 5.76. The van der Waals surface area contributed by atoms with Crippen LogP contribution in [0.5, 0.6) is 0 Å². The fraction of sp³-hybridized carbons (Fsp3) is 0.857. The third-order valence-corrected chi connectivity index (χ3v) is 3.77. The van der Waals surface area contributed by atoms with E-state index in [9.17, 15) is 0 Å². The summed E-state index contributed by atoms with van der Waals surface area (Å²) in [4.78, 5) is 0. The molecule has 0 amide bonds. The van der Waals surface area contributed by atoms with Gasteiger partial charge in [-0.15, -0.1) is 0 Å². The van der Waals surface area contributed by atoms with Crippen LogP contribution in [-0.2, 0) is 4.74 Å². The Morgan fingerprint density at radius 1 is 1.38 bits per heavy atom. The van der Waals surface area contributed by atoms with Crippen molar-refractivity contribution in [3.05, 3.63) is 11.8 Å². The van der Waals surface area contributed by atoms with Crippen LogP contribution in [0.4, 0.5) is 0 Å². The van der Waals surface area contributed by atoms with Gasteiger partial charge in [0.05, 0.1) is 12.6 Å². The number of ether oxygens (including phenoxy) is 1. The molecule has 1 unspecified atom stereocenters. The van der Waals surface area contributed by atoms with Crippen LogP contribution in [0.2, 0.25) is 0 Å². The molecular weight excluding hydrogens is 198 g/mol. The van der Waals surface area contributed by atoms with Crippen LogP contribution in [0, 0.1) is 5.92 Å². The highest BCUT2D eigenvalue weighted by Crippen LogP contribution is 2.31. The molecule has 2 nitrogen and oxygen atoms in total. The summed E-state index contributed by atoms with van der Waals surface area (Å²) in [6.07, 6.45) is 11.6. The van der Waals surface area contributed by atoms with Gasteiger partial charge in [0.2, 0.25) is 0 Å². The molecule has 1 N–H and O–H groups in total. The summed E-state index contributed by atoms with van der Waals surface area (Å²) >= 11 is 0. The Morgan fingerprint density at radius 2 is 2.19 bits per heavy atom. The van der Waals surface area contributed by atoms with Crippen LogP contribution >= 0.6 is 0 Å². The van der Waals surface area contributed by atoms with Gasteiger partial charge in [0.15, 0.2) is 0 Å². The quantitative estimate of drug-likeness (QED) is 0.772. The second kappa shape index (κ2) is 6.29. The average molecular weight is 223 g/mol. The molecule has 2 aliphatic rings. The minimum atomic E-state index is 0.503. The average Bonchev–Trinajstić information content (AvgIpc) is 2.85. The van der Waals surface area contributed by atoms with E-state index in [0.29, 0.717) is 6.04 Å². The largest absolute Gasteiger partial charge is 0.496 e. The molecule has 1 aliphatic carbocycles. The first-order valence-electron chi connectivity index (χ1n) is 6.98. The number of hydrogen-bond donors (Lipinski definition) is 1. The maximum Gasteiger partial charge on any atom is 0.109 e. The molecule has 0 aromatic heterocycles. The highest BCUT2D eigenvalue weighted by molar-refractivity contribution is 5.09. The van der Waals surface area contributed by atoms with Crippen molar-refractivity contribution in [3.8, 4) is 0 Å². The first kappa shape index (κ1) is 12.0. The van der Waals surface area contributed by atoms with Gasteiger partial charge in [-0.2, -0.15) is 0 Å². The Hall–Kier alpha value is -0.500. The number of rotatable bonds is 5. The first-order valence-corrected chi connectivity index (χ1v) is 6.98. The van der Waals surface area contributed by atoms with Gasteiger partial charge in [0, 0.05) is 6.42 Å². The molecule has 1 aliphatic heterocycles. The lowest BCUT2D eigenvalue weighted by molar-refractivity contribution is 0.176. The van der Waals surface area contributed by atoms with Gasteiger partial charge >= 0.3 is 0 Å². The summed E-state index contributed by atoms with van der Waals surface area (Å²) in [7, 11) is 0. The van der Waals surface area contributed by atoms with E-state index in [4.69, 9.17) is 4.74 Å². The molecule has 2 rings (SSSR count). The SMILES string of the molecule is CCCNC(C1=CCCO1)C1CCCCC1. The van der Waals surface area contributed by atoms with Crippen LogP contribution in [0.1, 0.15) is 51.9 Å². The van der Waals surface area contributed by atoms with Crippen LogP contribution in [0.15, 0.2) is 11.8 Å². The minimum Gasteiger partial charge on any atom is -0.496 e. The molecule has 0 bridgehead atoms. The third kappa shape index (κ3) is 3.00. The summed E-state index contributed by atoms with van der Waals surface area (Å²) in [6, 6.07) is 0.503. The van der Waals surface area contributed by atoms with Crippen molar-refractivity contribution in [3.63, 3.8) is 0 Å². The lowest BCUT2D eigenvalue weighted by Gasteiger charge is -2.31. The predicted molar refractivity (Wildman–Crippen MR) is 67.3 cm³/mol. The van der Waals surface area contributed by atoms with Crippen LogP contribution in [0.3, 0.4) is 0 Å². The topological polar surface area (TPSA) is 21.3 Å². The van der Waals surface area contributed by atoms with E-state index >= 15 is 0 Å². The second-order valence-electron chi connectivity index (χ2n) is 5.07. The Kier molecular flexibility index (Phi) is 4.70. The fourth-order valence-electron chi connectivity index (χ4n) is 2.92. The Balaban J connectivity index is 1.94. The van der Waals surface area contributed by atoms with Gasteiger partial charge in [-0.3, -0.25) is 0 Å². The lowest BCUT2D eigenvalue weighted by Crippen LogP contribution is -2.39. The summed E-state index contributed by atoms with van der Waals surface area (Å²) in [6.45, 7) is 4.24. The van der Waals surface area contributed by atoms with Crippen LogP contribution in [-0.4, -0.2) is 19.2 Å². The molecule has 0 radical (unpaired) electrons. The molecule has 2 heteroatoms. The standard InChI is InChI=1S/C14H25NO/c1-2-10-15-14(13-9-6-11-16-13)12-7-4-3-5-8-12/h9,12,14-15H,2-8,10-11H2,1H3. The van der Waals surface area contributed by atoms with E-state index in [0.717, 1.165) is 25.5 Å². The van der Waals surface area contributed by atoms with Gasteiger partial charge < -0.3 is 10.1 Å². The maximum absolute atomic E-state index is 5.76. The molecule has 1 heterocycles. The smallest absolute Gasteiger partial charge is 0.109 e. The normalized spacial score (nSPS) is 23.9. The van der Waals surface area contributed by atoms with E-state index in [1.165, 1.54) is 44.3 Å². The predicted octanol–water partition coefficient (Wildman–Crippen LogP) is 3.24. The van der Waals surface area contributed by atoms with Crippen molar-refractivity contribution >= 4 is 0 Å². The molecular formula is C14H25NO. The maximum atomic E-state index is 5.76. The van der Waals surface area contributed by atoms with Crippen molar-refractivity contribution in [2.24, 2.45) is 5.92 Å². The van der Waals surface area contributed by atoms with E-state index < -0.39 is 0 Å². The zero-order valence-electron chi connectivity index (χ0n) is 10.5. The molecule has 16 heavy (non-hydrogen) atoms. The number of nitrogens with one attached hydrogen (secondary N) is 1. The highest BCUT2D eigenvalue weighted by atomic mass is 16.5. The van der Waals surface area contributed by atoms with Crippen molar-refractivity contribution in [2.45, 2.75) is 57.9 Å². The van der Waals surface area contributed by atoms with Gasteiger partial charge in [0.1, 0.15) is 5.76 Å². The van der Waals surface area contributed by atoms with Crippen LogP contribution < -0.4 is 5.32 Å². The summed E-state index contributed by atoms with van der Waals surface area (Å²) in [5.74, 6) is 2.05. The van der Waals surface area contributed by atoms with E-state index in [2.05, 4.69) is 18.3 Å². The molecule has 1 fully saturated rings. The Morgan fingerprint density at radius 3 is 2.81 bits per heavy atom. The number of hydrogen-bond acceptors (Lipinski definition) is 2. The molecule has 0 aromatic rings. The molecule has 0 spiro atoms. The lowest BCUT2D eigenvalue weighted by atomic mass is 9.83. The van der Waals surface area contributed by atoms with E-state index in [1.807, 2.05) is 0 Å². The molecule has 92 valence electrons. The Bertz CT molecular complexity index is 231. The fourth-order valence-corrected chi connectivity index (χ4v) is 2.92. The van der Waals surface area contributed by atoms with Crippen LogP contribution in [0.25, 0.3) is 0 Å². The van der Waals surface area contributed by atoms with Gasteiger partial charge in [-0.25, -0.2) is 0 Å². The van der Waals surface area contributed by atoms with Crippen molar-refractivity contribution in [1.29, 1.82) is 0 Å². The van der Waals surface area contributed by atoms with Gasteiger partial charge in [-0.1, -0.05) is 26.2 Å². The summed E-state index contributed by atoms with van der Waals surface area (Å²) in [5, 5.41) is 3.69. The molecule has 1 atom stereocenters. The first-order chi connectivity index (χ1) is 7.92. The Labute approximate surface area is 99.4 Å². The summed E-state index contributed by atoms with van der Waals surface area (Å²) in [5.41, 5.74) is 0. The zero-order chi connectivity index (χ0) is 11.2. The highest BCUT2D eigenvalue weighted by Gasteiger charge is 2.28. The van der Waals surface area contributed by atoms with E-state index in [1.54, 1.807) is 0 Å².